The van der Waals surface area contributed by atoms with Gasteiger partial charge < -0.3 is 10.0 Å². The second kappa shape index (κ2) is 7.57. The van der Waals surface area contributed by atoms with Gasteiger partial charge in [0.15, 0.2) is 0 Å². The average molecular weight is 288 g/mol. The Hall–Kier alpha value is -2.17. The quantitative estimate of drug-likeness (QED) is 0.843. The smallest absolute Gasteiger partial charge is 0.303 e. The molecule has 1 amide bonds. The van der Waals surface area contributed by atoms with Crippen LogP contribution in [0.3, 0.4) is 0 Å². The number of carboxylic acids is 1. The van der Waals surface area contributed by atoms with Crippen molar-refractivity contribution < 1.29 is 14.7 Å². The van der Waals surface area contributed by atoms with E-state index in [9.17, 15) is 9.59 Å². The van der Waals surface area contributed by atoms with Crippen LogP contribution in [0.1, 0.15) is 31.2 Å². The van der Waals surface area contributed by atoms with Crippen molar-refractivity contribution in [2.75, 3.05) is 13.1 Å². The van der Waals surface area contributed by atoms with E-state index in [1.165, 1.54) is 0 Å². The first-order valence-electron chi connectivity index (χ1n) is 7.24. The van der Waals surface area contributed by atoms with Crippen LogP contribution in [0, 0.1) is 5.92 Å². The molecule has 112 valence electrons. The summed E-state index contributed by atoms with van der Waals surface area (Å²) in [6.07, 6.45) is 9.46. The first kappa shape index (κ1) is 15.2. The fraction of sp³-hybridized carbons (Fsp3) is 0.438. The number of amides is 1. The molecule has 1 aromatic heterocycles. The molecule has 0 aromatic carbocycles. The molecule has 0 aliphatic carbocycles. The van der Waals surface area contributed by atoms with E-state index in [4.69, 9.17) is 5.11 Å². The van der Waals surface area contributed by atoms with Gasteiger partial charge in [-0.15, -0.1) is 0 Å². The predicted molar refractivity (Wildman–Crippen MR) is 79.4 cm³/mol. The third-order valence-corrected chi connectivity index (χ3v) is 3.80. The first-order chi connectivity index (χ1) is 10.1. The highest BCUT2D eigenvalue weighted by atomic mass is 16.4. The van der Waals surface area contributed by atoms with Crippen LogP contribution >= 0.6 is 0 Å². The van der Waals surface area contributed by atoms with Gasteiger partial charge in [-0.2, -0.15) is 0 Å². The minimum absolute atomic E-state index is 0.00976. The maximum Gasteiger partial charge on any atom is 0.303 e. The Balaban J connectivity index is 1.78. The minimum Gasteiger partial charge on any atom is -0.481 e. The van der Waals surface area contributed by atoms with Gasteiger partial charge in [0.25, 0.3) is 0 Å². The fourth-order valence-electron chi connectivity index (χ4n) is 2.52. The number of aliphatic carboxylic acids is 1. The molecule has 0 bridgehead atoms. The summed E-state index contributed by atoms with van der Waals surface area (Å²) in [4.78, 5) is 28.4. The highest BCUT2D eigenvalue weighted by molar-refractivity contribution is 5.91. The SMILES string of the molecule is O=C(O)CCC1CCN(C(=O)C=Cc2cccnc2)CC1. The summed E-state index contributed by atoms with van der Waals surface area (Å²) in [5.41, 5.74) is 0.905. The van der Waals surface area contributed by atoms with Crippen LogP contribution in [0.25, 0.3) is 6.08 Å². The number of nitrogens with zero attached hydrogens (tertiary/aromatic N) is 2. The van der Waals surface area contributed by atoms with Gasteiger partial charge in [-0.05, 0) is 42.9 Å². The molecule has 2 heterocycles. The van der Waals surface area contributed by atoms with E-state index in [-0.39, 0.29) is 12.3 Å². The number of hydrogen-bond donors (Lipinski definition) is 1. The van der Waals surface area contributed by atoms with E-state index in [2.05, 4.69) is 4.98 Å². The first-order valence-corrected chi connectivity index (χ1v) is 7.24. The molecule has 5 heteroatoms. The molecule has 1 fully saturated rings. The Morgan fingerprint density at radius 3 is 2.76 bits per heavy atom. The van der Waals surface area contributed by atoms with Gasteiger partial charge in [0.2, 0.25) is 5.91 Å². The molecule has 5 nitrogen and oxygen atoms in total. The van der Waals surface area contributed by atoms with Crippen molar-refractivity contribution in [2.24, 2.45) is 5.92 Å². The van der Waals surface area contributed by atoms with E-state index in [0.29, 0.717) is 25.4 Å². The molecule has 2 rings (SSSR count). The average Bonchev–Trinajstić information content (AvgIpc) is 2.52. The van der Waals surface area contributed by atoms with Crippen LogP contribution in [-0.2, 0) is 9.59 Å². The lowest BCUT2D eigenvalue weighted by Crippen LogP contribution is -2.37. The van der Waals surface area contributed by atoms with E-state index in [1.54, 1.807) is 24.5 Å². The zero-order valence-electron chi connectivity index (χ0n) is 11.9. The Morgan fingerprint density at radius 1 is 1.38 bits per heavy atom. The summed E-state index contributed by atoms with van der Waals surface area (Å²) >= 11 is 0. The molecule has 0 radical (unpaired) electrons. The van der Waals surface area contributed by atoms with Gasteiger partial charge in [0, 0.05) is 38.0 Å². The van der Waals surface area contributed by atoms with E-state index in [0.717, 1.165) is 18.4 Å². The van der Waals surface area contributed by atoms with Crippen LogP contribution in [-0.4, -0.2) is 40.0 Å². The van der Waals surface area contributed by atoms with Gasteiger partial charge in [0.05, 0.1) is 0 Å². The van der Waals surface area contributed by atoms with Gasteiger partial charge in [-0.25, -0.2) is 0 Å². The molecule has 1 N–H and O–H groups in total. The molecule has 21 heavy (non-hydrogen) atoms. The van der Waals surface area contributed by atoms with Gasteiger partial charge >= 0.3 is 5.97 Å². The number of hydrogen-bond acceptors (Lipinski definition) is 3. The second-order valence-electron chi connectivity index (χ2n) is 5.32. The Kier molecular flexibility index (Phi) is 5.49. The number of aromatic nitrogens is 1. The van der Waals surface area contributed by atoms with Crippen molar-refractivity contribution in [3.05, 3.63) is 36.2 Å². The summed E-state index contributed by atoms with van der Waals surface area (Å²) in [5.74, 6) is -0.309. The molecule has 1 aliphatic heterocycles. The molecule has 0 saturated carbocycles. The Bertz CT molecular complexity index is 506. The summed E-state index contributed by atoms with van der Waals surface area (Å²) in [5, 5.41) is 8.68. The minimum atomic E-state index is -0.743. The van der Waals surface area contributed by atoms with Gasteiger partial charge in [-0.1, -0.05) is 6.07 Å². The van der Waals surface area contributed by atoms with Crippen molar-refractivity contribution in [1.82, 2.24) is 9.88 Å². The van der Waals surface area contributed by atoms with Crippen molar-refractivity contribution in [3.63, 3.8) is 0 Å². The maximum atomic E-state index is 12.1. The molecule has 1 aromatic rings. The number of carbonyl (C=O) groups is 2. The van der Waals surface area contributed by atoms with Crippen molar-refractivity contribution in [1.29, 1.82) is 0 Å². The van der Waals surface area contributed by atoms with Crippen LogP contribution in [0.5, 0.6) is 0 Å². The summed E-state index contributed by atoms with van der Waals surface area (Å²) < 4.78 is 0. The Morgan fingerprint density at radius 2 is 2.14 bits per heavy atom. The number of carboxylic acid groups (broad SMARTS) is 1. The maximum absolute atomic E-state index is 12.1. The zero-order chi connectivity index (χ0) is 15.1. The lowest BCUT2D eigenvalue weighted by molar-refractivity contribution is -0.137. The number of pyridine rings is 1. The summed E-state index contributed by atoms with van der Waals surface area (Å²) in [6.45, 7) is 1.42. The molecule has 1 aliphatic rings. The molecule has 0 spiro atoms. The highest BCUT2D eigenvalue weighted by Gasteiger charge is 2.21. The zero-order valence-corrected chi connectivity index (χ0v) is 11.9. The second-order valence-corrected chi connectivity index (χ2v) is 5.32. The van der Waals surface area contributed by atoms with E-state index >= 15 is 0 Å². The molecular formula is C16H20N2O3. The molecule has 0 unspecified atom stereocenters. The van der Waals surface area contributed by atoms with Crippen molar-refractivity contribution in [3.8, 4) is 0 Å². The monoisotopic (exact) mass is 288 g/mol. The van der Waals surface area contributed by atoms with Crippen LogP contribution in [0.2, 0.25) is 0 Å². The fourth-order valence-corrected chi connectivity index (χ4v) is 2.52. The van der Waals surface area contributed by atoms with Gasteiger partial charge in [-0.3, -0.25) is 14.6 Å². The molecular weight excluding hydrogens is 268 g/mol. The molecule has 0 atom stereocenters. The standard InChI is InChI=1S/C16H20N2O3/c19-15(5-3-14-2-1-9-17-12-14)18-10-7-13(8-11-18)4-6-16(20)21/h1-3,5,9,12-13H,4,6-8,10-11H2,(H,20,21). The predicted octanol–water partition coefficient (Wildman–Crippen LogP) is 2.20. The third-order valence-electron chi connectivity index (χ3n) is 3.80. The highest BCUT2D eigenvalue weighted by Crippen LogP contribution is 2.22. The number of likely N-dealkylation sites (tertiary alicyclic amines) is 1. The number of carbonyl (C=O) groups excluding carboxylic acids is 1. The van der Waals surface area contributed by atoms with Gasteiger partial charge in [0.1, 0.15) is 0 Å². The summed E-state index contributed by atoms with van der Waals surface area (Å²) in [6, 6.07) is 3.73. The van der Waals surface area contributed by atoms with Crippen molar-refractivity contribution >= 4 is 18.0 Å². The number of piperidine rings is 1. The lowest BCUT2D eigenvalue weighted by atomic mass is 9.92. The van der Waals surface area contributed by atoms with E-state index < -0.39 is 5.97 Å². The third kappa shape index (κ3) is 5.02. The van der Waals surface area contributed by atoms with Crippen molar-refractivity contribution in [2.45, 2.75) is 25.7 Å². The molecule has 1 saturated heterocycles. The number of rotatable bonds is 5. The Labute approximate surface area is 124 Å². The lowest BCUT2D eigenvalue weighted by Gasteiger charge is -2.31. The summed E-state index contributed by atoms with van der Waals surface area (Å²) in [7, 11) is 0. The topological polar surface area (TPSA) is 70.5 Å². The van der Waals surface area contributed by atoms with E-state index in [1.807, 2.05) is 17.0 Å². The van der Waals surface area contributed by atoms with Crippen LogP contribution in [0.4, 0.5) is 0 Å². The van der Waals surface area contributed by atoms with Crippen LogP contribution < -0.4 is 0 Å². The normalized spacial score (nSPS) is 16.3. The van der Waals surface area contributed by atoms with Crippen LogP contribution in [0.15, 0.2) is 30.6 Å². The largest absolute Gasteiger partial charge is 0.481 e.